The van der Waals surface area contributed by atoms with Gasteiger partial charge in [-0.25, -0.2) is 0 Å². The normalized spacial score (nSPS) is 22.1. The lowest BCUT2D eigenvalue weighted by atomic mass is 10.1. The molecule has 1 amide bonds. The molecule has 2 aromatic rings. The highest BCUT2D eigenvalue weighted by atomic mass is 16.5. The van der Waals surface area contributed by atoms with Crippen molar-refractivity contribution in [2.45, 2.75) is 18.6 Å². The van der Waals surface area contributed by atoms with Crippen LogP contribution in [0.3, 0.4) is 0 Å². The van der Waals surface area contributed by atoms with Crippen molar-refractivity contribution in [3.05, 3.63) is 36.7 Å². The largest absolute Gasteiger partial charge is 0.380 e. The maximum atomic E-state index is 12.3. The zero-order valence-electron chi connectivity index (χ0n) is 11.3. The van der Waals surface area contributed by atoms with E-state index in [0.717, 1.165) is 16.5 Å². The number of hydrogen-bond acceptors (Lipinski definition) is 4. The fraction of sp³-hybridized carbons (Fsp3) is 0.333. The summed E-state index contributed by atoms with van der Waals surface area (Å²) in [7, 11) is 1.67. The molecule has 0 spiro atoms. The van der Waals surface area contributed by atoms with Crippen molar-refractivity contribution in [2.24, 2.45) is 0 Å². The van der Waals surface area contributed by atoms with Crippen molar-refractivity contribution in [1.82, 2.24) is 10.3 Å². The minimum absolute atomic E-state index is 0.0196. The van der Waals surface area contributed by atoms with Crippen LogP contribution < -0.4 is 10.6 Å². The molecule has 0 bridgehead atoms. The van der Waals surface area contributed by atoms with Crippen molar-refractivity contribution in [1.29, 1.82) is 0 Å². The number of carbonyl (C=O) groups excluding carboxylic acids is 1. The van der Waals surface area contributed by atoms with Crippen LogP contribution in [0, 0.1) is 0 Å². The number of fused-ring (bicyclic) bond motifs is 1. The summed E-state index contributed by atoms with van der Waals surface area (Å²) in [6, 6.07) is 7.51. The number of aromatic nitrogens is 1. The van der Waals surface area contributed by atoms with Gasteiger partial charge < -0.3 is 15.4 Å². The second-order valence-electron chi connectivity index (χ2n) is 4.95. The van der Waals surface area contributed by atoms with Gasteiger partial charge in [-0.3, -0.25) is 9.78 Å². The number of pyridine rings is 1. The first-order valence-electron chi connectivity index (χ1n) is 6.67. The first-order valence-corrected chi connectivity index (χ1v) is 6.67. The molecule has 2 unspecified atom stereocenters. The fourth-order valence-corrected chi connectivity index (χ4v) is 2.53. The molecule has 2 heterocycles. The van der Waals surface area contributed by atoms with Gasteiger partial charge in [0.15, 0.2) is 0 Å². The fourth-order valence-electron chi connectivity index (χ4n) is 2.53. The molecule has 104 valence electrons. The number of ether oxygens (including phenoxy) is 1. The molecular formula is C15H17N3O2. The molecule has 20 heavy (non-hydrogen) atoms. The highest BCUT2D eigenvalue weighted by Crippen LogP contribution is 2.23. The van der Waals surface area contributed by atoms with Gasteiger partial charge in [-0.15, -0.1) is 0 Å². The standard InChI is InChI=1S/C15H17N3O2/c1-20-11-7-14(17-9-11)15(19)18-13-4-2-3-10-8-16-6-5-12(10)13/h2-6,8,11,14,17H,7,9H2,1H3,(H,18,19). The van der Waals surface area contributed by atoms with Crippen LogP contribution in [0.15, 0.2) is 36.7 Å². The number of benzene rings is 1. The Labute approximate surface area is 117 Å². The number of methoxy groups -OCH3 is 1. The molecule has 3 rings (SSSR count). The Morgan fingerprint density at radius 3 is 3.15 bits per heavy atom. The van der Waals surface area contributed by atoms with Crippen molar-refractivity contribution in [3.63, 3.8) is 0 Å². The average molecular weight is 271 g/mol. The molecule has 0 radical (unpaired) electrons. The zero-order valence-corrected chi connectivity index (χ0v) is 11.3. The highest BCUT2D eigenvalue weighted by Gasteiger charge is 2.29. The van der Waals surface area contributed by atoms with Gasteiger partial charge in [0.25, 0.3) is 0 Å². The Balaban J connectivity index is 1.78. The summed E-state index contributed by atoms with van der Waals surface area (Å²) in [6.07, 6.45) is 4.34. The lowest BCUT2D eigenvalue weighted by Crippen LogP contribution is -2.35. The van der Waals surface area contributed by atoms with E-state index in [4.69, 9.17) is 4.74 Å². The Hall–Kier alpha value is -1.98. The van der Waals surface area contributed by atoms with E-state index in [1.54, 1.807) is 19.5 Å². The Morgan fingerprint density at radius 1 is 1.45 bits per heavy atom. The van der Waals surface area contributed by atoms with Gasteiger partial charge in [0.05, 0.1) is 12.1 Å². The molecule has 1 aromatic heterocycles. The smallest absolute Gasteiger partial charge is 0.241 e. The molecule has 5 nitrogen and oxygen atoms in total. The summed E-state index contributed by atoms with van der Waals surface area (Å²) >= 11 is 0. The van der Waals surface area contributed by atoms with Crippen molar-refractivity contribution < 1.29 is 9.53 Å². The molecule has 0 aliphatic carbocycles. The van der Waals surface area contributed by atoms with Gasteiger partial charge in [0, 0.05) is 42.5 Å². The second-order valence-corrected chi connectivity index (χ2v) is 4.95. The van der Waals surface area contributed by atoms with E-state index in [1.807, 2.05) is 24.3 Å². The minimum Gasteiger partial charge on any atom is -0.380 e. The third kappa shape index (κ3) is 2.50. The van der Waals surface area contributed by atoms with Crippen LogP contribution in [-0.4, -0.2) is 36.7 Å². The Kier molecular flexibility index (Phi) is 3.62. The third-order valence-corrected chi connectivity index (χ3v) is 3.68. The molecule has 1 aromatic carbocycles. The summed E-state index contributed by atoms with van der Waals surface area (Å²) in [5, 5.41) is 8.17. The maximum Gasteiger partial charge on any atom is 0.241 e. The number of anilines is 1. The summed E-state index contributed by atoms with van der Waals surface area (Å²) in [5.41, 5.74) is 0.817. The first kappa shape index (κ1) is 13.0. The number of rotatable bonds is 3. The summed E-state index contributed by atoms with van der Waals surface area (Å²) in [5.74, 6) is -0.0196. The summed E-state index contributed by atoms with van der Waals surface area (Å²) in [6.45, 7) is 0.716. The third-order valence-electron chi connectivity index (χ3n) is 3.68. The van der Waals surface area contributed by atoms with Crippen LogP contribution >= 0.6 is 0 Å². The number of nitrogens with zero attached hydrogens (tertiary/aromatic N) is 1. The predicted molar refractivity (Wildman–Crippen MR) is 77.6 cm³/mol. The quantitative estimate of drug-likeness (QED) is 0.889. The van der Waals surface area contributed by atoms with Crippen molar-refractivity contribution in [3.8, 4) is 0 Å². The monoisotopic (exact) mass is 271 g/mol. The average Bonchev–Trinajstić information content (AvgIpc) is 2.97. The highest BCUT2D eigenvalue weighted by molar-refractivity contribution is 6.03. The molecule has 1 aliphatic rings. The van der Waals surface area contributed by atoms with Crippen LogP contribution in [0.4, 0.5) is 5.69 Å². The first-order chi connectivity index (χ1) is 9.78. The molecular weight excluding hydrogens is 254 g/mol. The minimum atomic E-state index is -0.197. The molecule has 5 heteroatoms. The molecule has 0 saturated carbocycles. The molecule has 1 aliphatic heterocycles. The zero-order chi connectivity index (χ0) is 13.9. The second kappa shape index (κ2) is 5.56. The van der Waals surface area contributed by atoms with Gasteiger partial charge in [0.2, 0.25) is 5.91 Å². The van der Waals surface area contributed by atoms with Gasteiger partial charge in [0.1, 0.15) is 0 Å². The summed E-state index contributed by atoms with van der Waals surface area (Å²) in [4.78, 5) is 16.4. The van der Waals surface area contributed by atoms with Crippen LogP contribution in [-0.2, 0) is 9.53 Å². The molecule has 1 fully saturated rings. The maximum absolute atomic E-state index is 12.3. The SMILES string of the molecule is COC1CNC(C(=O)Nc2cccc3cnccc23)C1. The van der Waals surface area contributed by atoms with Crippen LogP contribution in [0.25, 0.3) is 10.8 Å². The van der Waals surface area contributed by atoms with E-state index in [-0.39, 0.29) is 18.1 Å². The number of carbonyl (C=O) groups is 1. The van der Waals surface area contributed by atoms with E-state index in [2.05, 4.69) is 15.6 Å². The predicted octanol–water partition coefficient (Wildman–Crippen LogP) is 1.55. The van der Waals surface area contributed by atoms with E-state index >= 15 is 0 Å². The molecule has 1 saturated heterocycles. The van der Waals surface area contributed by atoms with Crippen molar-refractivity contribution in [2.75, 3.05) is 19.0 Å². The summed E-state index contributed by atoms with van der Waals surface area (Å²) < 4.78 is 5.26. The number of hydrogen-bond donors (Lipinski definition) is 2. The van der Waals surface area contributed by atoms with E-state index in [9.17, 15) is 4.79 Å². The molecule has 2 N–H and O–H groups in total. The number of nitrogens with one attached hydrogen (secondary N) is 2. The lowest BCUT2D eigenvalue weighted by Gasteiger charge is -2.13. The van der Waals surface area contributed by atoms with Gasteiger partial charge in [-0.05, 0) is 18.6 Å². The topological polar surface area (TPSA) is 63.2 Å². The molecule has 2 atom stereocenters. The number of amides is 1. The van der Waals surface area contributed by atoms with Gasteiger partial charge in [-0.2, -0.15) is 0 Å². The Morgan fingerprint density at radius 2 is 2.35 bits per heavy atom. The van der Waals surface area contributed by atoms with Crippen LogP contribution in [0.2, 0.25) is 0 Å². The Bertz CT molecular complexity index is 624. The van der Waals surface area contributed by atoms with Crippen LogP contribution in [0.5, 0.6) is 0 Å². The van der Waals surface area contributed by atoms with E-state index < -0.39 is 0 Å². The van der Waals surface area contributed by atoms with Crippen molar-refractivity contribution >= 4 is 22.4 Å². The lowest BCUT2D eigenvalue weighted by molar-refractivity contribution is -0.117. The van der Waals surface area contributed by atoms with Crippen LogP contribution in [0.1, 0.15) is 6.42 Å². The van der Waals surface area contributed by atoms with E-state index in [0.29, 0.717) is 13.0 Å². The van der Waals surface area contributed by atoms with Gasteiger partial charge >= 0.3 is 0 Å². The van der Waals surface area contributed by atoms with E-state index in [1.165, 1.54) is 0 Å². The van der Waals surface area contributed by atoms with Gasteiger partial charge in [-0.1, -0.05) is 12.1 Å².